The molecule has 14 nitrogen and oxygen atoms in total. The number of carbonyl (C=O) groups is 4. The van der Waals surface area contributed by atoms with Crippen LogP contribution >= 0.6 is 0 Å². The largest absolute Gasteiger partial charge is 0.497 e. The number of nitrogens with two attached hydrogens (primary N) is 4. The second-order valence-corrected chi connectivity index (χ2v) is 12.5. The van der Waals surface area contributed by atoms with E-state index >= 15 is 0 Å². The van der Waals surface area contributed by atoms with Gasteiger partial charge in [-0.05, 0) is 66.6 Å². The van der Waals surface area contributed by atoms with Crippen LogP contribution in [0.2, 0.25) is 0 Å². The fourth-order valence-electron chi connectivity index (χ4n) is 5.83. The molecule has 4 aromatic rings. The molecule has 0 aliphatic heterocycles. The summed E-state index contributed by atoms with van der Waals surface area (Å²) >= 11 is 0. The number of hydrogen-bond donors (Lipinski definition) is 8. The van der Waals surface area contributed by atoms with Gasteiger partial charge >= 0.3 is 0 Å². The number of amides is 4. The van der Waals surface area contributed by atoms with Crippen LogP contribution in [0.15, 0.2) is 84.0 Å². The molecule has 3 atom stereocenters. The number of aromatic nitrogens is 1. The molecule has 4 amide bonds. The molecule has 4 rings (SSSR count). The highest BCUT2D eigenvalue weighted by Gasteiger charge is 2.30. The number of nitrogens with zero attached hydrogens (tertiary/aromatic N) is 1. The number of benzene rings is 3. The molecule has 0 saturated heterocycles. The number of hydrogen-bond acceptors (Lipinski definition) is 7. The van der Waals surface area contributed by atoms with Crippen LogP contribution in [0.4, 0.5) is 0 Å². The quantitative estimate of drug-likeness (QED) is 0.0380. The number of fused-ring (bicyclic) bond motifs is 1. The van der Waals surface area contributed by atoms with Crippen molar-refractivity contribution < 1.29 is 23.9 Å². The molecule has 0 spiro atoms. The van der Waals surface area contributed by atoms with Gasteiger partial charge in [-0.15, -0.1) is 0 Å². The first-order valence-corrected chi connectivity index (χ1v) is 17.3. The lowest BCUT2D eigenvalue weighted by Crippen LogP contribution is -2.57. The van der Waals surface area contributed by atoms with E-state index in [9.17, 15) is 19.2 Å². The molecule has 1 heterocycles. The van der Waals surface area contributed by atoms with Crippen molar-refractivity contribution in [2.45, 2.75) is 63.1 Å². The predicted molar refractivity (Wildman–Crippen MR) is 202 cm³/mol. The van der Waals surface area contributed by atoms with Gasteiger partial charge in [0.1, 0.15) is 23.9 Å². The lowest BCUT2D eigenvalue weighted by atomic mass is 9.99. The molecule has 276 valence electrons. The van der Waals surface area contributed by atoms with Crippen molar-refractivity contribution in [3.05, 3.63) is 90.1 Å². The zero-order valence-electron chi connectivity index (χ0n) is 29.4. The number of ether oxygens (including phenoxy) is 1. The van der Waals surface area contributed by atoms with E-state index in [4.69, 9.17) is 27.7 Å². The fourth-order valence-corrected chi connectivity index (χ4v) is 5.83. The standard InChI is InChI=1S/C38H49N9O5/c1-52-28-16-17-29-27(23-44-31(29)22-28)21-33(45-34(48)11-7-18-39)37(51)47-32(20-24-12-14-26(15-13-24)25-8-3-2-4-9-25)36(50)46-30(35(40)49)10-5-6-19-43-38(41)42/h2-4,8-9,12-17,22-23,30,32-33,44H,5-7,10-11,18-21,39H2,1H3,(H2,40,49)(H,45,48)(H,46,50)(H,47,51)(H4,41,42,43)/t30-,32-,33-/m0/s1. The highest BCUT2D eigenvalue weighted by atomic mass is 16.5. The van der Waals surface area contributed by atoms with Gasteiger partial charge in [0, 0.05) is 49.0 Å². The summed E-state index contributed by atoms with van der Waals surface area (Å²) in [6.45, 7) is 0.678. The molecule has 14 heteroatoms. The topological polar surface area (TPSA) is 246 Å². The number of methoxy groups -OCH3 is 1. The van der Waals surface area contributed by atoms with E-state index < -0.39 is 35.8 Å². The second kappa shape index (κ2) is 19.5. The van der Waals surface area contributed by atoms with E-state index in [0.717, 1.165) is 33.2 Å². The van der Waals surface area contributed by atoms with Gasteiger partial charge in [-0.25, -0.2) is 0 Å². The molecule has 0 fully saturated rings. The third-order valence-electron chi connectivity index (χ3n) is 8.65. The Labute approximate surface area is 303 Å². The SMILES string of the molecule is COc1ccc2c(C[C@H](NC(=O)CCCN)C(=O)N[C@@H](Cc3ccc(-c4ccccc4)cc3)C(=O)N[C@@H](CCCCN=C(N)N)C(N)=O)c[nH]c2c1. The molecule has 52 heavy (non-hydrogen) atoms. The van der Waals surface area contributed by atoms with Gasteiger partial charge in [-0.1, -0.05) is 54.6 Å². The van der Waals surface area contributed by atoms with Crippen LogP contribution in [0.25, 0.3) is 22.0 Å². The van der Waals surface area contributed by atoms with Crippen LogP contribution in [-0.2, 0) is 32.0 Å². The summed E-state index contributed by atoms with van der Waals surface area (Å²) in [6, 6.07) is 19.9. The van der Waals surface area contributed by atoms with Crippen LogP contribution in [0.3, 0.4) is 0 Å². The van der Waals surface area contributed by atoms with Crippen LogP contribution in [0, 0.1) is 0 Å². The zero-order chi connectivity index (χ0) is 37.5. The van der Waals surface area contributed by atoms with Crippen molar-refractivity contribution in [1.29, 1.82) is 0 Å². The summed E-state index contributed by atoms with van der Waals surface area (Å²) in [5, 5.41) is 9.29. The molecule has 3 aromatic carbocycles. The first-order valence-electron chi connectivity index (χ1n) is 17.3. The van der Waals surface area contributed by atoms with E-state index in [1.54, 1.807) is 13.3 Å². The third-order valence-corrected chi connectivity index (χ3v) is 8.65. The Hall–Kier alpha value is -5.89. The molecule has 0 unspecified atom stereocenters. The number of rotatable bonds is 20. The minimum absolute atomic E-state index is 0.0334. The lowest BCUT2D eigenvalue weighted by molar-refractivity contribution is -0.133. The number of primary amides is 1. The van der Waals surface area contributed by atoms with E-state index in [-0.39, 0.29) is 37.6 Å². The van der Waals surface area contributed by atoms with Crippen molar-refractivity contribution in [3.8, 4) is 16.9 Å². The average Bonchev–Trinajstić information content (AvgIpc) is 3.54. The summed E-state index contributed by atoms with van der Waals surface area (Å²) < 4.78 is 5.34. The number of nitrogens with one attached hydrogen (secondary N) is 4. The van der Waals surface area contributed by atoms with E-state index in [1.807, 2.05) is 72.8 Å². The van der Waals surface area contributed by atoms with Crippen molar-refractivity contribution in [2.24, 2.45) is 27.9 Å². The minimum atomic E-state index is -1.12. The molecule has 0 aliphatic carbocycles. The molecule has 0 saturated carbocycles. The number of aliphatic imine (C=N–C) groups is 1. The Balaban J connectivity index is 1.58. The van der Waals surface area contributed by atoms with Gasteiger partial charge in [0.25, 0.3) is 0 Å². The maximum absolute atomic E-state index is 14.1. The normalized spacial score (nSPS) is 12.7. The van der Waals surface area contributed by atoms with Crippen molar-refractivity contribution >= 4 is 40.5 Å². The zero-order valence-corrected chi connectivity index (χ0v) is 29.4. The fraction of sp³-hybridized carbons (Fsp3) is 0.342. The summed E-state index contributed by atoms with van der Waals surface area (Å²) in [5.41, 5.74) is 26.5. The van der Waals surface area contributed by atoms with Gasteiger partial charge in [0.15, 0.2) is 5.96 Å². The monoisotopic (exact) mass is 711 g/mol. The van der Waals surface area contributed by atoms with E-state index in [1.165, 1.54) is 0 Å². The molecule has 0 bridgehead atoms. The molecule has 0 aliphatic rings. The highest BCUT2D eigenvalue weighted by Crippen LogP contribution is 2.25. The van der Waals surface area contributed by atoms with Crippen LogP contribution in [-0.4, -0.2) is 72.9 Å². The van der Waals surface area contributed by atoms with Crippen LogP contribution < -0.4 is 43.6 Å². The lowest BCUT2D eigenvalue weighted by Gasteiger charge is -2.25. The molecule has 0 radical (unpaired) electrons. The third kappa shape index (κ3) is 11.6. The van der Waals surface area contributed by atoms with Crippen molar-refractivity contribution in [2.75, 3.05) is 20.2 Å². The average molecular weight is 712 g/mol. The highest BCUT2D eigenvalue weighted by molar-refractivity contribution is 5.95. The first kappa shape index (κ1) is 38.9. The Kier molecular flexibility index (Phi) is 14.6. The van der Waals surface area contributed by atoms with E-state index in [2.05, 4.69) is 25.9 Å². The van der Waals surface area contributed by atoms with E-state index in [0.29, 0.717) is 38.1 Å². The number of aromatic amines is 1. The van der Waals surface area contributed by atoms with Crippen molar-refractivity contribution in [3.63, 3.8) is 0 Å². The summed E-state index contributed by atoms with van der Waals surface area (Å²) in [4.78, 5) is 60.5. The molecular formula is C38H49N9O5. The minimum Gasteiger partial charge on any atom is -0.497 e. The Bertz CT molecular complexity index is 1820. The van der Waals surface area contributed by atoms with Gasteiger partial charge in [0.05, 0.1) is 7.11 Å². The van der Waals surface area contributed by atoms with Gasteiger partial charge < -0.3 is 48.6 Å². The predicted octanol–water partition coefficient (Wildman–Crippen LogP) is 1.75. The maximum atomic E-state index is 14.1. The van der Waals surface area contributed by atoms with Gasteiger partial charge in [0.2, 0.25) is 23.6 Å². The second-order valence-electron chi connectivity index (χ2n) is 12.5. The van der Waals surface area contributed by atoms with Gasteiger partial charge in [-0.2, -0.15) is 0 Å². The Morgan fingerprint density at radius 2 is 1.46 bits per heavy atom. The summed E-state index contributed by atoms with van der Waals surface area (Å²) in [6.07, 6.45) is 3.91. The summed E-state index contributed by atoms with van der Waals surface area (Å²) in [5.74, 6) is -1.60. The number of H-pyrrole nitrogens is 1. The first-order chi connectivity index (χ1) is 25.1. The smallest absolute Gasteiger partial charge is 0.243 e. The molecule has 12 N–H and O–H groups in total. The van der Waals surface area contributed by atoms with Crippen LogP contribution in [0.5, 0.6) is 5.75 Å². The van der Waals surface area contributed by atoms with Crippen LogP contribution in [0.1, 0.15) is 43.2 Å². The maximum Gasteiger partial charge on any atom is 0.243 e. The molecule has 1 aromatic heterocycles. The Morgan fingerprint density at radius 1 is 0.788 bits per heavy atom. The Morgan fingerprint density at radius 3 is 2.12 bits per heavy atom. The summed E-state index contributed by atoms with van der Waals surface area (Å²) in [7, 11) is 1.58. The number of carbonyl (C=O) groups excluding carboxylic acids is 4. The molecular weight excluding hydrogens is 662 g/mol. The van der Waals surface area contributed by atoms with Gasteiger partial charge in [-0.3, -0.25) is 24.2 Å². The number of guanidine groups is 1. The van der Waals surface area contributed by atoms with Crippen molar-refractivity contribution in [1.82, 2.24) is 20.9 Å². The number of unbranched alkanes of at least 4 members (excludes halogenated alkanes) is 1.